The van der Waals surface area contributed by atoms with E-state index < -0.39 is 23.4 Å². The highest BCUT2D eigenvalue weighted by atomic mass is 35.5. The molecule has 0 bridgehead atoms. The van der Waals surface area contributed by atoms with Crippen molar-refractivity contribution < 1.29 is 22.7 Å². The molecule has 3 aromatic rings. The van der Waals surface area contributed by atoms with Gasteiger partial charge in [0.1, 0.15) is 5.69 Å². The Morgan fingerprint density at radius 1 is 1.31 bits per heavy atom. The Kier molecular flexibility index (Phi) is 4.49. The van der Waals surface area contributed by atoms with E-state index >= 15 is 0 Å². The van der Waals surface area contributed by atoms with E-state index in [1.807, 2.05) is 0 Å². The normalized spacial score (nSPS) is 11.7. The third-order valence-corrected chi connectivity index (χ3v) is 3.88. The fourth-order valence-electron chi connectivity index (χ4n) is 2.48. The van der Waals surface area contributed by atoms with Gasteiger partial charge >= 0.3 is 12.1 Å². The van der Waals surface area contributed by atoms with Crippen LogP contribution >= 0.6 is 11.6 Å². The van der Waals surface area contributed by atoms with Crippen molar-refractivity contribution in [2.75, 3.05) is 6.61 Å². The SMILES string of the molecule is CCOC(=O)c1cc(-n2c(=O)cc(C(F)(F)F)n3ccnc23)ccc1Cl. The zero-order valence-electron chi connectivity index (χ0n) is 13.2. The molecule has 0 N–H and O–H groups in total. The summed E-state index contributed by atoms with van der Waals surface area (Å²) in [6, 6.07) is 4.48. The topological polar surface area (TPSA) is 65.6 Å². The molecule has 0 radical (unpaired) electrons. The Hall–Kier alpha value is -2.81. The maximum Gasteiger partial charge on any atom is 0.432 e. The molecule has 2 aromatic heterocycles. The molecule has 0 fully saturated rings. The summed E-state index contributed by atoms with van der Waals surface area (Å²) in [5, 5.41) is 0.0894. The highest BCUT2D eigenvalue weighted by molar-refractivity contribution is 6.33. The highest BCUT2D eigenvalue weighted by Gasteiger charge is 2.35. The lowest BCUT2D eigenvalue weighted by Crippen LogP contribution is -2.25. The van der Waals surface area contributed by atoms with Gasteiger partial charge in [0.2, 0.25) is 5.78 Å². The van der Waals surface area contributed by atoms with Crippen LogP contribution in [0.3, 0.4) is 0 Å². The molecular weight excluding hydrogens is 375 g/mol. The quantitative estimate of drug-likeness (QED) is 0.649. The molecule has 0 aliphatic heterocycles. The number of ether oxygens (including phenoxy) is 1. The molecule has 0 aliphatic carbocycles. The summed E-state index contributed by atoms with van der Waals surface area (Å²) in [6.45, 7) is 1.73. The van der Waals surface area contributed by atoms with Crippen LogP contribution in [0.4, 0.5) is 13.2 Å². The average Bonchev–Trinajstić information content (AvgIpc) is 3.03. The molecule has 0 spiro atoms. The molecule has 0 saturated carbocycles. The Labute approximate surface area is 149 Å². The van der Waals surface area contributed by atoms with E-state index in [4.69, 9.17) is 16.3 Å². The van der Waals surface area contributed by atoms with E-state index in [1.165, 1.54) is 18.2 Å². The lowest BCUT2D eigenvalue weighted by atomic mass is 10.2. The van der Waals surface area contributed by atoms with Gasteiger partial charge in [-0.2, -0.15) is 13.2 Å². The zero-order chi connectivity index (χ0) is 19.1. The third kappa shape index (κ3) is 3.05. The summed E-state index contributed by atoms with van der Waals surface area (Å²) < 4.78 is 46.0. The van der Waals surface area contributed by atoms with Crippen LogP contribution in [0.2, 0.25) is 5.02 Å². The van der Waals surface area contributed by atoms with Gasteiger partial charge in [0, 0.05) is 18.5 Å². The smallest absolute Gasteiger partial charge is 0.432 e. The largest absolute Gasteiger partial charge is 0.462 e. The zero-order valence-corrected chi connectivity index (χ0v) is 14.0. The van der Waals surface area contributed by atoms with Crippen molar-refractivity contribution in [1.29, 1.82) is 0 Å². The first-order chi connectivity index (χ1) is 12.2. The van der Waals surface area contributed by atoms with Crippen molar-refractivity contribution in [1.82, 2.24) is 14.0 Å². The van der Waals surface area contributed by atoms with Gasteiger partial charge in [-0.3, -0.25) is 9.20 Å². The van der Waals surface area contributed by atoms with Gasteiger partial charge in [0.05, 0.1) is 22.9 Å². The molecule has 0 aliphatic rings. The molecule has 0 saturated heterocycles. The standard InChI is InChI=1S/C16H11ClF3N3O3/c1-2-26-14(25)10-7-9(3-4-11(10)17)23-13(24)8-12(16(18,19)20)22-6-5-21-15(22)23/h3-8H,2H2,1H3. The van der Waals surface area contributed by atoms with Gasteiger partial charge in [-0.15, -0.1) is 0 Å². The van der Waals surface area contributed by atoms with Crippen LogP contribution in [0.25, 0.3) is 11.5 Å². The van der Waals surface area contributed by atoms with Crippen molar-refractivity contribution >= 4 is 23.3 Å². The number of benzene rings is 1. The Morgan fingerprint density at radius 2 is 2.04 bits per heavy atom. The van der Waals surface area contributed by atoms with Crippen LogP contribution in [-0.4, -0.2) is 26.5 Å². The van der Waals surface area contributed by atoms with Crippen LogP contribution in [0, 0.1) is 0 Å². The number of aromatic nitrogens is 3. The second-order valence-electron chi connectivity index (χ2n) is 5.18. The van der Waals surface area contributed by atoms with Crippen molar-refractivity contribution in [3.63, 3.8) is 0 Å². The van der Waals surface area contributed by atoms with Crippen molar-refractivity contribution in [3.8, 4) is 5.69 Å². The van der Waals surface area contributed by atoms with Gasteiger partial charge in [0.25, 0.3) is 5.56 Å². The number of halogens is 4. The summed E-state index contributed by atoms with van der Waals surface area (Å²) in [5.41, 5.74) is -1.98. The van der Waals surface area contributed by atoms with Crippen LogP contribution in [0.5, 0.6) is 0 Å². The monoisotopic (exact) mass is 385 g/mol. The number of carbonyl (C=O) groups is 1. The molecule has 26 heavy (non-hydrogen) atoms. The first-order valence-corrected chi connectivity index (χ1v) is 7.75. The van der Waals surface area contributed by atoms with E-state index in [-0.39, 0.29) is 28.7 Å². The van der Waals surface area contributed by atoms with Crippen LogP contribution in [-0.2, 0) is 10.9 Å². The third-order valence-electron chi connectivity index (χ3n) is 3.56. The van der Waals surface area contributed by atoms with E-state index in [0.29, 0.717) is 6.07 Å². The first-order valence-electron chi connectivity index (χ1n) is 7.37. The van der Waals surface area contributed by atoms with Crippen LogP contribution in [0.15, 0.2) is 41.5 Å². The minimum atomic E-state index is -4.73. The molecule has 0 amide bonds. The van der Waals surface area contributed by atoms with E-state index in [9.17, 15) is 22.8 Å². The van der Waals surface area contributed by atoms with Crippen molar-refractivity contribution in [3.05, 3.63) is 63.3 Å². The van der Waals surface area contributed by atoms with Gasteiger partial charge in [-0.1, -0.05) is 11.6 Å². The number of imidazole rings is 1. The molecule has 0 unspecified atom stereocenters. The molecule has 10 heteroatoms. The highest BCUT2D eigenvalue weighted by Crippen LogP contribution is 2.29. The van der Waals surface area contributed by atoms with Gasteiger partial charge in [-0.05, 0) is 25.1 Å². The van der Waals surface area contributed by atoms with Gasteiger partial charge < -0.3 is 4.74 Å². The molecule has 136 valence electrons. The number of hydrogen-bond acceptors (Lipinski definition) is 4. The van der Waals surface area contributed by atoms with Crippen LogP contribution < -0.4 is 5.56 Å². The second kappa shape index (κ2) is 6.49. The number of fused-ring (bicyclic) bond motifs is 1. The fraction of sp³-hybridized carbons (Fsp3) is 0.188. The number of carbonyl (C=O) groups excluding carboxylic acids is 1. The number of nitrogens with zero attached hydrogens (tertiary/aromatic N) is 3. The lowest BCUT2D eigenvalue weighted by molar-refractivity contribution is -0.142. The van der Waals surface area contributed by atoms with E-state index in [1.54, 1.807) is 6.92 Å². The van der Waals surface area contributed by atoms with Gasteiger partial charge in [-0.25, -0.2) is 14.3 Å². The number of alkyl halides is 3. The summed E-state index contributed by atoms with van der Waals surface area (Å²) in [4.78, 5) is 28.2. The lowest BCUT2D eigenvalue weighted by Gasteiger charge is -2.14. The summed E-state index contributed by atoms with van der Waals surface area (Å²) >= 11 is 5.98. The molecule has 1 aromatic carbocycles. The predicted molar refractivity (Wildman–Crippen MR) is 86.8 cm³/mol. The first kappa shape index (κ1) is 18.0. The minimum absolute atomic E-state index is 0.0116. The number of rotatable bonds is 3. The maximum atomic E-state index is 13.1. The fourth-order valence-corrected chi connectivity index (χ4v) is 2.67. The summed E-state index contributed by atoms with van der Waals surface area (Å²) in [6.07, 6.45) is -2.49. The maximum absolute atomic E-state index is 13.1. The van der Waals surface area contributed by atoms with Crippen molar-refractivity contribution in [2.45, 2.75) is 13.1 Å². The number of esters is 1. The molecular formula is C16H11ClF3N3O3. The molecule has 6 nitrogen and oxygen atoms in total. The predicted octanol–water partition coefficient (Wildman–Crippen LogP) is 3.33. The number of hydrogen-bond donors (Lipinski definition) is 0. The Bertz CT molecular complexity index is 1060. The minimum Gasteiger partial charge on any atom is -0.462 e. The molecule has 2 heterocycles. The Morgan fingerprint density at radius 3 is 2.69 bits per heavy atom. The van der Waals surface area contributed by atoms with E-state index in [0.717, 1.165) is 21.4 Å². The van der Waals surface area contributed by atoms with Crippen LogP contribution in [0.1, 0.15) is 23.0 Å². The van der Waals surface area contributed by atoms with Crippen molar-refractivity contribution in [2.24, 2.45) is 0 Å². The van der Waals surface area contributed by atoms with Gasteiger partial charge in [0.15, 0.2) is 0 Å². The Balaban J connectivity index is 2.26. The summed E-state index contributed by atoms with van der Waals surface area (Å²) in [7, 11) is 0. The molecule has 0 atom stereocenters. The second-order valence-corrected chi connectivity index (χ2v) is 5.59. The average molecular weight is 386 g/mol. The summed E-state index contributed by atoms with van der Waals surface area (Å²) in [5.74, 6) is -0.958. The van der Waals surface area contributed by atoms with E-state index in [2.05, 4.69) is 4.98 Å². The molecule has 3 rings (SSSR count).